The summed E-state index contributed by atoms with van der Waals surface area (Å²) in [5, 5.41) is 6.30. The van der Waals surface area contributed by atoms with Gasteiger partial charge in [-0.3, -0.25) is 19.6 Å². The summed E-state index contributed by atoms with van der Waals surface area (Å²) < 4.78 is 1.67. The number of carbonyl (C=O) groups excluding carboxylic acids is 2. The number of nitrogens with zero attached hydrogens (tertiary/aromatic N) is 2. The van der Waals surface area contributed by atoms with E-state index in [-0.39, 0.29) is 17.7 Å². The van der Waals surface area contributed by atoms with E-state index in [2.05, 4.69) is 10.4 Å². The molecule has 1 N–H and O–H groups in total. The summed E-state index contributed by atoms with van der Waals surface area (Å²) in [5.74, 6) is -0.407. The SMILES string of the molecule is Cn1cc(C2CC(=O)NC(=O)C2)cn1. The fourth-order valence-electron chi connectivity index (χ4n) is 1.66. The van der Waals surface area contributed by atoms with Gasteiger partial charge in [0.1, 0.15) is 0 Å². The number of imide groups is 1. The van der Waals surface area contributed by atoms with Gasteiger partial charge in [0.25, 0.3) is 0 Å². The lowest BCUT2D eigenvalue weighted by Gasteiger charge is -2.19. The van der Waals surface area contributed by atoms with Crippen molar-refractivity contribution in [2.24, 2.45) is 7.05 Å². The predicted molar refractivity (Wildman–Crippen MR) is 48.3 cm³/mol. The maximum absolute atomic E-state index is 11.1. The minimum absolute atomic E-state index is 0.00931. The second-order valence-corrected chi connectivity index (χ2v) is 3.52. The molecule has 0 bridgehead atoms. The van der Waals surface area contributed by atoms with Gasteiger partial charge in [0.15, 0.2) is 0 Å². The van der Waals surface area contributed by atoms with Crippen LogP contribution in [-0.2, 0) is 16.6 Å². The first-order chi connectivity index (χ1) is 6.65. The van der Waals surface area contributed by atoms with Crippen LogP contribution in [0.5, 0.6) is 0 Å². The van der Waals surface area contributed by atoms with Crippen molar-refractivity contribution >= 4 is 11.8 Å². The number of aryl methyl sites for hydroxylation is 1. The fraction of sp³-hybridized carbons (Fsp3) is 0.444. The molecule has 1 aromatic heterocycles. The molecule has 5 nitrogen and oxygen atoms in total. The van der Waals surface area contributed by atoms with Crippen LogP contribution in [0.25, 0.3) is 0 Å². The highest BCUT2D eigenvalue weighted by Crippen LogP contribution is 2.25. The van der Waals surface area contributed by atoms with E-state index in [1.54, 1.807) is 10.9 Å². The van der Waals surface area contributed by atoms with Gasteiger partial charge in [0, 0.05) is 32.0 Å². The molecule has 0 atom stereocenters. The van der Waals surface area contributed by atoms with Crippen LogP contribution in [0.2, 0.25) is 0 Å². The molecule has 1 aromatic rings. The van der Waals surface area contributed by atoms with Crippen molar-refractivity contribution in [2.75, 3.05) is 0 Å². The zero-order valence-electron chi connectivity index (χ0n) is 7.86. The quantitative estimate of drug-likeness (QED) is 0.635. The number of piperidine rings is 1. The minimum Gasteiger partial charge on any atom is -0.296 e. The first-order valence-corrected chi connectivity index (χ1v) is 4.46. The van der Waals surface area contributed by atoms with Gasteiger partial charge in [-0.25, -0.2) is 0 Å². The molecule has 1 fully saturated rings. The summed E-state index contributed by atoms with van der Waals surface area (Å²) >= 11 is 0. The molecule has 14 heavy (non-hydrogen) atoms. The van der Waals surface area contributed by atoms with Crippen molar-refractivity contribution in [1.29, 1.82) is 0 Å². The van der Waals surface area contributed by atoms with Crippen LogP contribution in [0.4, 0.5) is 0 Å². The van der Waals surface area contributed by atoms with Crippen LogP contribution >= 0.6 is 0 Å². The molecule has 1 aliphatic heterocycles. The van der Waals surface area contributed by atoms with Crippen molar-refractivity contribution in [1.82, 2.24) is 15.1 Å². The Hall–Kier alpha value is -1.65. The number of hydrogen-bond acceptors (Lipinski definition) is 3. The van der Waals surface area contributed by atoms with Crippen LogP contribution in [0.15, 0.2) is 12.4 Å². The number of hydrogen-bond donors (Lipinski definition) is 1. The number of amides is 2. The average molecular weight is 193 g/mol. The molecular weight excluding hydrogens is 182 g/mol. The molecule has 0 aromatic carbocycles. The smallest absolute Gasteiger partial charge is 0.227 e. The van der Waals surface area contributed by atoms with E-state index in [0.29, 0.717) is 12.8 Å². The van der Waals surface area contributed by atoms with Crippen LogP contribution < -0.4 is 5.32 Å². The Bertz CT molecular complexity index is 367. The zero-order valence-corrected chi connectivity index (χ0v) is 7.86. The van der Waals surface area contributed by atoms with Crippen molar-refractivity contribution in [2.45, 2.75) is 18.8 Å². The Morgan fingerprint density at radius 3 is 2.57 bits per heavy atom. The molecule has 2 heterocycles. The van der Waals surface area contributed by atoms with E-state index in [1.165, 1.54) is 0 Å². The van der Waals surface area contributed by atoms with E-state index in [0.717, 1.165) is 5.56 Å². The lowest BCUT2D eigenvalue weighted by Crippen LogP contribution is -2.37. The predicted octanol–water partition coefficient (Wildman–Crippen LogP) is -0.0597. The molecule has 0 radical (unpaired) electrons. The van der Waals surface area contributed by atoms with Crippen LogP contribution in [0.3, 0.4) is 0 Å². The van der Waals surface area contributed by atoms with Crippen molar-refractivity contribution in [3.63, 3.8) is 0 Å². The summed E-state index contributed by atoms with van der Waals surface area (Å²) in [4.78, 5) is 22.2. The Labute approximate surface area is 81.1 Å². The summed E-state index contributed by atoms with van der Waals surface area (Å²) in [6, 6.07) is 0. The van der Waals surface area contributed by atoms with Gasteiger partial charge in [-0.2, -0.15) is 5.10 Å². The summed E-state index contributed by atoms with van der Waals surface area (Å²) in [6.45, 7) is 0. The molecule has 74 valence electrons. The highest BCUT2D eigenvalue weighted by molar-refractivity contribution is 5.98. The number of carbonyl (C=O) groups is 2. The van der Waals surface area contributed by atoms with Crippen molar-refractivity contribution in [3.8, 4) is 0 Å². The molecule has 2 rings (SSSR count). The molecule has 0 aliphatic carbocycles. The van der Waals surface area contributed by atoms with E-state index in [1.807, 2.05) is 13.2 Å². The van der Waals surface area contributed by atoms with Gasteiger partial charge in [0.2, 0.25) is 11.8 Å². The highest BCUT2D eigenvalue weighted by atomic mass is 16.2. The van der Waals surface area contributed by atoms with Gasteiger partial charge < -0.3 is 0 Å². The molecular formula is C9H11N3O2. The Morgan fingerprint density at radius 1 is 1.43 bits per heavy atom. The molecule has 1 saturated heterocycles. The van der Waals surface area contributed by atoms with Crippen LogP contribution in [0, 0.1) is 0 Å². The Balaban J connectivity index is 2.18. The fourth-order valence-corrected chi connectivity index (χ4v) is 1.66. The average Bonchev–Trinajstić information content (AvgIpc) is 2.50. The standard InChI is InChI=1S/C9H11N3O2/c1-12-5-7(4-10-12)6-2-8(13)11-9(14)3-6/h4-6H,2-3H2,1H3,(H,11,13,14). The maximum atomic E-state index is 11.1. The molecule has 0 saturated carbocycles. The van der Waals surface area contributed by atoms with Crippen LogP contribution in [0.1, 0.15) is 24.3 Å². The normalized spacial score (nSPS) is 18.4. The van der Waals surface area contributed by atoms with Gasteiger partial charge in [-0.15, -0.1) is 0 Å². The Kier molecular flexibility index (Phi) is 2.07. The minimum atomic E-state index is -0.199. The molecule has 5 heteroatoms. The van der Waals surface area contributed by atoms with Crippen molar-refractivity contribution in [3.05, 3.63) is 18.0 Å². The lowest BCUT2D eigenvalue weighted by atomic mass is 9.92. The van der Waals surface area contributed by atoms with Gasteiger partial charge >= 0.3 is 0 Å². The summed E-state index contributed by atoms with van der Waals surface area (Å²) in [7, 11) is 1.81. The molecule has 0 spiro atoms. The largest absolute Gasteiger partial charge is 0.296 e. The van der Waals surface area contributed by atoms with Gasteiger partial charge in [0.05, 0.1) is 6.20 Å². The maximum Gasteiger partial charge on any atom is 0.227 e. The summed E-state index contributed by atoms with van der Waals surface area (Å²) in [5.41, 5.74) is 0.954. The third-order valence-electron chi connectivity index (χ3n) is 2.34. The lowest BCUT2D eigenvalue weighted by molar-refractivity contribution is -0.133. The first kappa shape index (κ1) is 8.93. The van der Waals surface area contributed by atoms with E-state index in [9.17, 15) is 9.59 Å². The molecule has 2 amide bonds. The monoisotopic (exact) mass is 193 g/mol. The first-order valence-electron chi connectivity index (χ1n) is 4.46. The molecule has 0 unspecified atom stereocenters. The summed E-state index contributed by atoms with van der Waals surface area (Å²) in [6.07, 6.45) is 4.29. The van der Waals surface area contributed by atoms with Crippen LogP contribution in [-0.4, -0.2) is 21.6 Å². The second-order valence-electron chi connectivity index (χ2n) is 3.52. The third kappa shape index (κ3) is 1.66. The van der Waals surface area contributed by atoms with Gasteiger partial charge in [-0.1, -0.05) is 0 Å². The number of aromatic nitrogens is 2. The molecule has 1 aliphatic rings. The third-order valence-corrected chi connectivity index (χ3v) is 2.34. The number of nitrogens with one attached hydrogen (secondary N) is 1. The van der Waals surface area contributed by atoms with E-state index in [4.69, 9.17) is 0 Å². The Morgan fingerprint density at radius 2 is 2.07 bits per heavy atom. The van der Waals surface area contributed by atoms with Crippen molar-refractivity contribution < 1.29 is 9.59 Å². The van der Waals surface area contributed by atoms with E-state index < -0.39 is 0 Å². The topological polar surface area (TPSA) is 64.0 Å². The van der Waals surface area contributed by atoms with Gasteiger partial charge in [-0.05, 0) is 5.56 Å². The number of rotatable bonds is 1. The second kappa shape index (κ2) is 3.25. The highest BCUT2D eigenvalue weighted by Gasteiger charge is 2.26. The van der Waals surface area contributed by atoms with E-state index >= 15 is 0 Å². The zero-order chi connectivity index (χ0) is 10.1.